The van der Waals surface area contributed by atoms with E-state index in [4.69, 9.17) is 9.15 Å². The van der Waals surface area contributed by atoms with Gasteiger partial charge in [0.25, 0.3) is 0 Å². The summed E-state index contributed by atoms with van der Waals surface area (Å²) in [5, 5.41) is 1.04. The predicted octanol–water partition coefficient (Wildman–Crippen LogP) is 4.19. The third-order valence-electron chi connectivity index (χ3n) is 3.18. The number of fused-ring (bicyclic) bond motifs is 1. The number of hydrogen-bond acceptors (Lipinski definition) is 3. The monoisotopic (exact) mass is 260 g/mol. The molecule has 2 rings (SSSR count). The number of aryl methyl sites for hydroxylation is 1. The van der Waals surface area contributed by atoms with Gasteiger partial charge in [0.1, 0.15) is 17.3 Å². The lowest BCUT2D eigenvalue weighted by Crippen LogP contribution is -2.15. The molecule has 0 spiro atoms. The Kier molecular flexibility index (Phi) is 4.25. The van der Waals surface area contributed by atoms with E-state index >= 15 is 0 Å². The normalized spacial score (nSPS) is 12.6. The van der Waals surface area contributed by atoms with E-state index in [1.54, 1.807) is 0 Å². The van der Waals surface area contributed by atoms with Crippen molar-refractivity contribution in [3.63, 3.8) is 0 Å². The molecule has 19 heavy (non-hydrogen) atoms. The van der Waals surface area contributed by atoms with E-state index in [2.05, 4.69) is 13.0 Å². The highest BCUT2D eigenvalue weighted by Gasteiger charge is 2.24. The summed E-state index contributed by atoms with van der Waals surface area (Å²) in [7, 11) is 0. The molecule has 0 fully saturated rings. The van der Waals surface area contributed by atoms with Crippen LogP contribution in [0.15, 0.2) is 28.7 Å². The molecular weight excluding hydrogens is 240 g/mol. The Morgan fingerprint density at radius 3 is 2.79 bits per heavy atom. The fourth-order valence-electron chi connectivity index (χ4n) is 2.26. The lowest BCUT2D eigenvalue weighted by atomic mass is 10.0. The van der Waals surface area contributed by atoms with Gasteiger partial charge in [-0.25, -0.2) is 0 Å². The van der Waals surface area contributed by atoms with Gasteiger partial charge in [-0.2, -0.15) is 0 Å². The van der Waals surface area contributed by atoms with Crippen molar-refractivity contribution in [3.05, 3.63) is 35.6 Å². The first-order chi connectivity index (χ1) is 9.15. The van der Waals surface area contributed by atoms with Gasteiger partial charge in [0, 0.05) is 5.39 Å². The SMILES string of the molecule is CCCC(C(=O)OCC)c1cc2cc(C)ccc2o1. The van der Waals surface area contributed by atoms with Crippen molar-refractivity contribution in [1.29, 1.82) is 0 Å². The van der Waals surface area contributed by atoms with Crippen molar-refractivity contribution in [2.45, 2.75) is 39.5 Å². The van der Waals surface area contributed by atoms with Crippen molar-refractivity contribution in [2.24, 2.45) is 0 Å². The van der Waals surface area contributed by atoms with Crippen molar-refractivity contribution in [1.82, 2.24) is 0 Å². The lowest BCUT2D eigenvalue weighted by Gasteiger charge is -2.11. The van der Waals surface area contributed by atoms with Crippen LogP contribution in [0.5, 0.6) is 0 Å². The molecule has 2 aromatic rings. The first-order valence-corrected chi connectivity index (χ1v) is 6.82. The van der Waals surface area contributed by atoms with Crippen molar-refractivity contribution >= 4 is 16.9 Å². The molecule has 1 atom stereocenters. The van der Waals surface area contributed by atoms with Crippen LogP contribution in [0.1, 0.15) is 43.9 Å². The number of benzene rings is 1. The van der Waals surface area contributed by atoms with Gasteiger partial charge in [0.2, 0.25) is 0 Å². The Morgan fingerprint density at radius 2 is 2.11 bits per heavy atom. The molecule has 0 radical (unpaired) electrons. The quantitative estimate of drug-likeness (QED) is 0.757. The molecule has 1 aromatic heterocycles. The Morgan fingerprint density at radius 1 is 1.32 bits per heavy atom. The Labute approximate surface area is 113 Å². The van der Waals surface area contributed by atoms with Crippen molar-refractivity contribution in [2.75, 3.05) is 6.61 Å². The maximum absolute atomic E-state index is 12.0. The van der Waals surface area contributed by atoms with Crippen LogP contribution in [0.3, 0.4) is 0 Å². The molecule has 0 aliphatic heterocycles. The minimum atomic E-state index is -0.294. The summed E-state index contributed by atoms with van der Waals surface area (Å²) in [6, 6.07) is 7.98. The minimum absolute atomic E-state index is 0.194. The van der Waals surface area contributed by atoms with Crippen molar-refractivity contribution < 1.29 is 13.9 Å². The summed E-state index contributed by atoms with van der Waals surface area (Å²) in [5.41, 5.74) is 2.01. The number of furan rings is 1. The first-order valence-electron chi connectivity index (χ1n) is 6.82. The zero-order valence-corrected chi connectivity index (χ0v) is 11.7. The average molecular weight is 260 g/mol. The van der Waals surface area contributed by atoms with E-state index in [0.29, 0.717) is 12.4 Å². The van der Waals surface area contributed by atoms with Crippen LogP contribution in [0.25, 0.3) is 11.0 Å². The van der Waals surface area contributed by atoms with Crippen LogP contribution in [0, 0.1) is 6.92 Å². The fraction of sp³-hybridized carbons (Fsp3) is 0.438. The van der Waals surface area contributed by atoms with Gasteiger partial charge in [0.15, 0.2) is 0 Å². The van der Waals surface area contributed by atoms with Gasteiger partial charge in [0.05, 0.1) is 6.61 Å². The lowest BCUT2D eigenvalue weighted by molar-refractivity contribution is -0.145. The second kappa shape index (κ2) is 5.91. The summed E-state index contributed by atoms with van der Waals surface area (Å²) < 4.78 is 10.9. The molecule has 0 saturated heterocycles. The van der Waals surface area contributed by atoms with Crippen molar-refractivity contribution in [3.8, 4) is 0 Å². The summed E-state index contributed by atoms with van der Waals surface area (Å²) >= 11 is 0. The third kappa shape index (κ3) is 2.98. The minimum Gasteiger partial charge on any atom is -0.465 e. The number of hydrogen-bond donors (Lipinski definition) is 0. The highest BCUT2D eigenvalue weighted by atomic mass is 16.5. The molecule has 0 saturated carbocycles. The second-order valence-corrected chi connectivity index (χ2v) is 4.78. The highest BCUT2D eigenvalue weighted by Crippen LogP contribution is 2.29. The van der Waals surface area contributed by atoms with Gasteiger partial charge in [-0.15, -0.1) is 0 Å². The first kappa shape index (κ1) is 13.7. The van der Waals surface area contributed by atoms with Crippen LogP contribution < -0.4 is 0 Å². The molecule has 3 heteroatoms. The van der Waals surface area contributed by atoms with Gasteiger partial charge >= 0.3 is 5.97 Å². The summed E-state index contributed by atoms with van der Waals surface area (Å²) in [5.74, 6) is 0.221. The molecule has 1 unspecified atom stereocenters. The third-order valence-corrected chi connectivity index (χ3v) is 3.18. The maximum atomic E-state index is 12.0. The fourth-order valence-corrected chi connectivity index (χ4v) is 2.26. The van der Waals surface area contributed by atoms with E-state index in [9.17, 15) is 4.79 Å². The highest BCUT2D eigenvalue weighted by molar-refractivity contribution is 5.83. The molecule has 0 amide bonds. The van der Waals surface area contributed by atoms with Crippen LogP contribution in [-0.4, -0.2) is 12.6 Å². The zero-order chi connectivity index (χ0) is 13.8. The van der Waals surface area contributed by atoms with Gasteiger partial charge in [-0.1, -0.05) is 25.0 Å². The molecule has 0 N–H and O–H groups in total. The molecule has 0 aliphatic carbocycles. The summed E-state index contributed by atoms with van der Waals surface area (Å²) in [6.45, 7) is 6.32. The molecular formula is C16H20O3. The Hall–Kier alpha value is -1.77. The average Bonchev–Trinajstić information content (AvgIpc) is 2.78. The van der Waals surface area contributed by atoms with E-state index in [1.165, 1.54) is 5.56 Å². The van der Waals surface area contributed by atoms with E-state index in [-0.39, 0.29) is 11.9 Å². The molecule has 102 valence electrons. The Bertz CT molecular complexity index is 568. The van der Waals surface area contributed by atoms with Crippen LogP contribution in [-0.2, 0) is 9.53 Å². The molecule has 3 nitrogen and oxygen atoms in total. The number of carbonyl (C=O) groups excluding carboxylic acids is 1. The second-order valence-electron chi connectivity index (χ2n) is 4.78. The van der Waals surface area contributed by atoms with Gasteiger partial charge in [-0.05, 0) is 38.5 Å². The maximum Gasteiger partial charge on any atom is 0.316 e. The zero-order valence-electron chi connectivity index (χ0n) is 11.7. The molecule has 1 aromatic carbocycles. The number of ether oxygens (including phenoxy) is 1. The predicted molar refractivity (Wildman–Crippen MR) is 75.2 cm³/mol. The van der Waals surface area contributed by atoms with Gasteiger partial charge < -0.3 is 9.15 Å². The number of carbonyl (C=O) groups is 1. The number of rotatable bonds is 5. The van der Waals surface area contributed by atoms with E-state index in [1.807, 2.05) is 32.0 Å². The van der Waals surface area contributed by atoms with E-state index in [0.717, 1.165) is 23.8 Å². The largest absolute Gasteiger partial charge is 0.465 e. The molecule has 0 bridgehead atoms. The topological polar surface area (TPSA) is 39.4 Å². The standard InChI is InChI=1S/C16H20O3/c1-4-6-13(16(17)18-5-2)15-10-12-9-11(3)7-8-14(12)19-15/h7-10,13H,4-6H2,1-3H3. The van der Waals surface area contributed by atoms with E-state index < -0.39 is 0 Å². The van der Waals surface area contributed by atoms with Crippen LogP contribution >= 0.6 is 0 Å². The molecule has 0 aliphatic rings. The summed E-state index contributed by atoms with van der Waals surface area (Å²) in [4.78, 5) is 12.0. The Balaban J connectivity index is 2.35. The van der Waals surface area contributed by atoms with Crippen LogP contribution in [0.4, 0.5) is 0 Å². The van der Waals surface area contributed by atoms with Gasteiger partial charge in [-0.3, -0.25) is 4.79 Å². The smallest absolute Gasteiger partial charge is 0.316 e. The summed E-state index contributed by atoms with van der Waals surface area (Å²) in [6.07, 6.45) is 1.66. The number of esters is 1. The molecule has 1 heterocycles. The van der Waals surface area contributed by atoms with Crippen LogP contribution in [0.2, 0.25) is 0 Å².